The average molecular weight is 368 g/mol. The molecule has 0 saturated carbocycles. The normalized spacial score (nSPS) is 15.3. The Morgan fingerprint density at radius 1 is 1.22 bits per heavy atom. The summed E-state index contributed by atoms with van der Waals surface area (Å²) in [5.74, 6) is 0.935. The van der Waals surface area contributed by atoms with Crippen LogP contribution < -0.4 is 20.1 Å². The van der Waals surface area contributed by atoms with Gasteiger partial charge in [0.1, 0.15) is 18.1 Å². The molecule has 1 unspecified atom stereocenters. The van der Waals surface area contributed by atoms with Gasteiger partial charge in [0.25, 0.3) is 5.91 Å². The second kappa shape index (κ2) is 8.12. The van der Waals surface area contributed by atoms with E-state index in [1.807, 2.05) is 38.1 Å². The summed E-state index contributed by atoms with van der Waals surface area (Å²) < 4.78 is 11.0. The average Bonchev–Trinajstić information content (AvgIpc) is 2.68. The molecule has 1 aliphatic rings. The van der Waals surface area contributed by atoms with Gasteiger partial charge in [-0.25, -0.2) is 0 Å². The molecule has 0 bridgehead atoms. The molecule has 0 aromatic heterocycles. The van der Waals surface area contributed by atoms with Crippen molar-refractivity contribution in [3.8, 4) is 11.5 Å². The van der Waals surface area contributed by atoms with E-state index >= 15 is 0 Å². The highest BCUT2D eigenvalue weighted by atomic mass is 16.5. The van der Waals surface area contributed by atoms with E-state index in [0.717, 1.165) is 22.6 Å². The molecule has 142 valence electrons. The zero-order chi connectivity index (χ0) is 19.4. The monoisotopic (exact) mass is 368 g/mol. The van der Waals surface area contributed by atoms with Crippen molar-refractivity contribution in [2.45, 2.75) is 20.3 Å². The third-order valence-electron chi connectivity index (χ3n) is 4.64. The summed E-state index contributed by atoms with van der Waals surface area (Å²) >= 11 is 0. The fourth-order valence-electron chi connectivity index (χ4n) is 3.06. The van der Waals surface area contributed by atoms with Crippen molar-refractivity contribution >= 4 is 17.5 Å². The maximum Gasteiger partial charge on any atom is 0.251 e. The summed E-state index contributed by atoms with van der Waals surface area (Å²) in [6.07, 6.45) is 0.577. The smallest absolute Gasteiger partial charge is 0.251 e. The third kappa shape index (κ3) is 4.22. The van der Waals surface area contributed by atoms with Crippen LogP contribution >= 0.6 is 0 Å². The van der Waals surface area contributed by atoms with Crippen LogP contribution in [0.3, 0.4) is 0 Å². The standard InChI is InChI=1S/C21H24N2O4/c1-4-22-20(24)14-6-5-13(2)18(11-14)23-21(25)16-9-15-10-17(26-3)7-8-19(15)27-12-16/h5-8,10-11,16H,4,9,12H2,1-3H3,(H,22,24)(H,23,25). The number of rotatable bonds is 5. The molecule has 2 aromatic carbocycles. The Labute approximate surface area is 158 Å². The number of fused-ring (bicyclic) bond motifs is 1. The minimum Gasteiger partial charge on any atom is -0.497 e. The molecule has 2 N–H and O–H groups in total. The highest BCUT2D eigenvalue weighted by Gasteiger charge is 2.27. The number of aryl methyl sites for hydroxylation is 1. The molecule has 2 amide bonds. The quantitative estimate of drug-likeness (QED) is 0.851. The van der Waals surface area contributed by atoms with Gasteiger partial charge in [-0.2, -0.15) is 0 Å². The van der Waals surface area contributed by atoms with Gasteiger partial charge in [-0.05, 0) is 61.7 Å². The SMILES string of the molecule is CCNC(=O)c1ccc(C)c(NC(=O)C2COc3ccc(OC)cc3C2)c1. The maximum atomic E-state index is 12.8. The van der Waals surface area contributed by atoms with Gasteiger partial charge >= 0.3 is 0 Å². The molecule has 2 aromatic rings. The second-order valence-corrected chi connectivity index (χ2v) is 6.56. The molecule has 6 heteroatoms. The third-order valence-corrected chi connectivity index (χ3v) is 4.64. The highest BCUT2D eigenvalue weighted by molar-refractivity contribution is 5.98. The first-order chi connectivity index (χ1) is 13.0. The van der Waals surface area contributed by atoms with E-state index in [1.165, 1.54) is 0 Å². The molecule has 0 fully saturated rings. The van der Waals surface area contributed by atoms with Crippen molar-refractivity contribution in [1.82, 2.24) is 5.32 Å². The van der Waals surface area contributed by atoms with Gasteiger partial charge in [-0.3, -0.25) is 9.59 Å². The Morgan fingerprint density at radius 3 is 2.78 bits per heavy atom. The van der Waals surface area contributed by atoms with Crippen molar-refractivity contribution in [3.63, 3.8) is 0 Å². The Balaban J connectivity index is 1.74. The van der Waals surface area contributed by atoms with Gasteiger partial charge < -0.3 is 20.1 Å². The number of carbonyl (C=O) groups is 2. The zero-order valence-electron chi connectivity index (χ0n) is 15.8. The van der Waals surface area contributed by atoms with E-state index in [2.05, 4.69) is 10.6 Å². The Kier molecular flexibility index (Phi) is 5.64. The molecule has 0 saturated heterocycles. The van der Waals surface area contributed by atoms with Crippen molar-refractivity contribution < 1.29 is 19.1 Å². The van der Waals surface area contributed by atoms with Crippen LogP contribution in [0.5, 0.6) is 11.5 Å². The minimum atomic E-state index is -0.308. The molecule has 1 aliphatic heterocycles. The Morgan fingerprint density at radius 2 is 2.04 bits per heavy atom. The lowest BCUT2D eigenvalue weighted by atomic mass is 9.95. The first kappa shape index (κ1) is 18.8. The molecule has 0 spiro atoms. The number of methoxy groups -OCH3 is 1. The highest BCUT2D eigenvalue weighted by Crippen LogP contribution is 2.31. The summed E-state index contributed by atoms with van der Waals surface area (Å²) in [7, 11) is 1.61. The molecule has 27 heavy (non-hydrogen) atoms. The number of nitrogens with one attached hydrogen (secondary N) is 2. The lowest BCUT2D eigenvalue weighted by Crippen LogP contribution is -2.33. The largest absolute Gasteiger partial charge is 0.497 e. The van der Waals surface area contributed by atoms with E-state index in [4.69, 9.17) is 9.47 Å². The van der Waals surface area contributed by atoms with Crippen LogP contribution in [0.1, 0.15) is 28.4 Å². The van der Waals surface area contributed by atoms with Crippen LogP contribution in [0.2, 0.25) is 0 Å². The minimum absolute atomic E-state index is 0.125. The molecule has 0 aliphatic carbocycles. The molecule has 0 radical (unpaired) electrons. The van der Waals surface area contributed by atoms with Crippen molar-refractivity contribution in [2.24, 2.45) is 5.92 Å². The van der Waals surface area contributed by atoms with Crippen LogP contribution in [-0.4, -0.2) is 32.1 Å². The second-order valence-electron chi connectivity index (χ2n) is 6.56. The van der Waals surface area contributed by atoms with E-state index in [9.17, 15) is 9.59 Å². The Hall–Kier alpha value is -3.02. The number of hydrogen-bond donors (Lipinski definition) is 2. The van der Waals surface area contributed by atoms with E-state index in [-0.39, 0.29) is 17.7 Å². The van der Waals surface area contributed by atoms with Gasteiger partial charge in [-0.15, -0.1) is 0 Å². The molecule has 1 atom stereocenters. The predicted molar refractivity (Wildman–Crippen MR) is 103 cm³/mol. The topological polar surface area (TPSA) is 76.7 Å². The van der Waals surface area contributed by atoms with Crippen LogP contribution in [0.15, 0.2) is 36.4 Å². The number of anilines is 1. The van der Waals surface area contributed by atoms with Crippen molar-refractivity contribution in [1.29, 1.82) is 0 Å². The molecule has 3 rings (SSSR count). The summed E-state index contributed by atoms with van der Waals surface area (Å²) in [6.45, 7) is 4.64. The first-order valence-electron chi connectivity index (χ1n) is 9.01. The van der Waals surface area contributed by atoms with Crippen LogP contribution in [0, 0.1) is 12.8 Å². The molecule has 1 heterocycles. The molecular weight excluding hydrogens is 344 g/mol. The number of benzene rings is 2. The Bertz CT molecular complexity index is 863. The van der Waals surface area contributed by atoms with E-state index in [0.29, 0.717) is 30.8 Å². The lowest BCUT2D eigenvalue weighted by molar-refractivity contribution is -0.121. The zero-order valence-corrected chi connectivity index (χ0v) is 15.8. The molecule has 6 nitrogen and oxygen atoms in total. The van der Waals surface area contributed by atoms with Crippen LogP contribution in [0.4, 0.5) is 5.69 Å². The summed E-state index contributed by atoms with van der Waals surface area (Å²) in [4.78, 5) is 24.8. The van der Waals surface area contributed by atoms with Crippen LogP contribution in [-0.2, 0) is 11.2 Å². The summed E-state index contributed by atoms with van der Waals surface area (Å²) in [5.41, 5.74) is 3.01. The van der Waals surface area contributed by atoms with Gasteiger partial charge in [-0.1, -0.05) is 6.07 Å². The van der Waals surface area contributed by atoms with E-state index in [1.54, 1.807) is 19.2 Å². The summed E-state index contributed by atoms with van der Waals surface area (Å²) in [6, 6.07) is 10.9. The fourth-order valence-corrected chi connectivity index (χ4v) is 3.06. The molecular formula is C21H24N2O4. The summed E-state index contributed by atoms with van der Waals surface area (Å²) in [5, 5.41) is 5.71. The predicted octanol–water partition coefficient (Wildman–Crippen LogP) is 2.94. The lowest BCUT2D eigenvalue weighted by Gasteiger charge is -2.25. The first-order valence-corrected chi connectivity index (χ1v) is 9.01. The van der Waals surface area contributed by atoms with Gasteiger partial charge in [0.15, 0.2) is 0 Å². The number of ether oxygens (including phenoxy) is 2. The number of hydrogen-bond acceptors (Lipinski definition) is 4. The van der Waals surface area contributed by atoms with Crippen molar-refractivity contribution in [2.75, 3.05) is 25.6 Å². The van der Waals surface area contributed by atoms with Crippen LogP contribution in [0.25, 0.3) is 0 Å². The van der Waals surface area contributed by atoms with Gasteiger partial charge in [0, 0.05) is 17.8 Å². The van der Waals surface area contributed by atoms with Gasteiger partial charge in [0.2, 0.25) is 5.91 Å². The maximum absolute atomic E-state index is 12.8. The number of carbonyl (C=O) groups excluding carboxylic acids is 2. The van der Waals surface area contributed by atoms with Crippen molar-refractivity contribution in [3.05, 3.63) is 53.1 Å². The van der Waals surface area contributed by atoms with E-state index < -0.39 is 0 Å². The fraction of sp³-hybridized carbons (Fsp3) is 0.333. The number of amides is 2. The van der Waals surface area contributed by atoms with Gasteiger partial charge in [0.05, 0.1) is 13.0 Å².